The van der Waals surface area contributed by atoms with E-state index in [4.69, 9.17) is 12.2 Å². The van der Waals surface area contributed by atoms with Gasteiger partial charge in [0.05, 0.1) is 0 Å². The molecular weight excluding hydrogens is 234 g/mol. The zero-order chi connectivity index (χ0) is 11.8. The van der Waals surface area contributed by atoms with E-state index in [1.54, 1.807) is 11.8 Å². The fraction of sp³-hybridized carbons (Fsp3) is 0.462. The summed E-state index contributed by atoms with van der Waals surface area (Å²) in [6, 6.07) is 11.0. The first kappa shape index (κ1) is 13.5. The molecule has 0 radical (unpaired) electrons. The van der Waals surface area contributed by atoms with E-state index in [0.29, 0.717) is 6.04 Å². The minimum atomic E-state index is 0.451. The molecule has 0 aliphatic heterocycles. The molecule has 1 aromatic rings. The van der Waals surface area contributed by atoms with Gasteiger partial charge in [-0.2, -0.15) is 0 Å². The van der Waals surface area contributed by atoms with Crippen molar-refractivity contribution in [1.29, 1.82) is 0 Å². The molecule has 0 saturated carbocycles. The summed E-state index contributed by atoms with van der Waals surface area (Å²) in [5, 5.41) is 3.35. The molecule has 1 rings (SSSR count). The monoisotopic (exact) mass is 253 g/mol. The Hall–Kier alpha value is -0.540. The highest BCUT2D eigenvalue weighted by Gasteiger charge is 2.04. The molecule has 0 aromatic heterocycles. The number of thiocarbonyl (C=S) groups is 1. The van der Waals surface area contributed by atoms with Crippen molar-refractivity contribution in [2.75, 3.05) is 5.75 Å². The van der Waals surface area contributed by atoms with Gasteiger partial charge in [-0.3, -0.25) is 0 Å². The number of nitrogens with one attached hydrogen (secondary N) is 1. The lowest BCUT2D eigenvalue weighted by atomic mass is 10.1. The summed E-state index contributed by atoms with van der Waals surface area (Å²) in [6.07, 6.45) is 2.23. The van der Waals surface area contributed by atoms with Crippen molar-refractivity contribution in [3.05, 3.63) is 35.9 Å². The maximum atomic E-state index is 5.21. The van der Waals surface area contributed by atoms with Crippen LogP contribution >= 0.6 is 24.0 Å². The van der Waals surface area contributed by atoms with Gasteiger partial charge >= 0.3 is 0 Å². The van der Waals surface area contributed by atoms with E-state index in [1.165, 1.54) is 5.56 Å². The molecule has 0 saturated heterocycles. The van der Waals surface area contributed by atoms with Gasteiger partial charge in [0.25, 0.3) is 0 Å². The van der Waals surface area contributed by atoms with Crippen molar-refractivity contribution in [3.8, 4) is 0 Å². The number of benzene rings is 1. The molecule has 0 fully saturated rings. The fourth-order valence-corrected chi connectivity index (χ4v) is 2.58. The molecule has 1 atom stereocenters. The van der Waals surface area contributed by atoms with E-state index in [1.807, 2.05) is 0 Å². The van der Waals surface area contributed by atoms with Gasteiger partial charge in [0.15, 0.2) is 0 Å². The van der Waals surface area contributed by atoms with Crippen LogP contribution in [0.1, 0.15) is 25.8 Å². The minimum absolute atomic E-state index is 0.451. The second-order valence-electron chi connectivity index (χ2n) is 3.79. The Morgan fingerprint density at radius 3 is 2.69 bits per heavy atom. The summed E-state index contributed by atoms with van der Waals surface area (Å²) in [5.41, 5.74) is 1.39. The average molecular weight is 253 g/mol. The van der Waals surface area contributed by atoms with Gasteiger partial charge in [-0.1, -0.05) is 61.2 Å². The lowest BCUT2D eigenvalue weighted by Gasteiger charge is -2.14. The van der Waals surface area contributed by atoms with Crippen LogP contribution in [0.2, 0.25) is 0 Å². The van der Waals surface area contributed by atoms with Crippen LogP contribution in [0.3, 0.4) is 0 Å². The van der Waals surface area contributed by atoms with E-state index >= 15 is 0 Å². The largest absolute Gasteiger partial charge is 0.369 e. The van der Waals surface area contributed by atoms with Gasteiger partial charge in [0.2, 0.25) is 0 Å². The van der Waals surface area contributed by atoms with Crippen LogP contribution in [0, 0.1) is 0 Å². The van der Waals surface area contributed by atoms with E-state index in [2.05, 4.69) is 49.5 Å². The zero-order valence-corrected chi connectivity index (χ0v) is 11.5. The lowest BCUT2D eigenvalue weighted by molar-refractivity contribution is 0.613. The molecule has 0 bridgehead atoms. The highest BCUT2D eigenvalue weighted by molar-refractivity contribution is 8.22. The average Bonchev–Trinajstić information content (AvgIpc) is 2.28. The standard InChI is InChI=1S/C13H19NS2/c1-3-16-13(15)14-11(2)9-10-12-7-5-4-6-8-12/h4-8,11H,3,9-10H2,1-2H3,(H,14,15)/t11-/m0/s1. The van der Waals surface area contributed by atoms with Gasteiger partial charge in [0, 0.05) is 6.04 Å². The highest BCUT2D eigenvalue weighted by atomic mass is 32.2. The molecule has 0 amide bonds. The SMILES string of the molecule is CCSC(=S)N[C@@H](C)CCc1ccccc1. The first-order chi connectivity index (χ1) is 7.72. The second-order valence-corrected chi connectivity index (χ2v) is 5.73. The van der Waals surface area contributed by atoms with Gasteiger partial charge in [-0.05, 0) is 31.1 Å². The van der Waals surface area contributed by atoms with Crippen LogP contribution < -0.4 is 5.32 Å². The number of aryl methyl sites for hydroxylation is 1. The van der Waals surface area contributed by atoms with E-state index in [0.717, 1.165) is 22.9 Å². The van der Waals surface area contributed by atoms with Crippen molar-refractivity contribution < 1.29 is 0 Å². The van der Waals surface area contributed by atoms with Crippen LogP contribution in [0.25, 0.3) is 0 Å². The Kier molecular flexibility index (Phi) is 6.50. The Balaban J connectivity index is 2.25. The summed E-state index contributed by atoms with van der Waals surface area (Å²) in [4.78, 5) is 0. The summed E-state index contributed by atoms with van der Waals surface area (Å²) >= 11 is 6.91. The van der Waals surface area contributed by atoms with Gasteiger partial charge in [-0.25, -0.2) is 0 Å². The predicted molar refractivity (Wildman–Crippen MR) is 78.1 cm³/mol. The van der Waals surface area contributed by atoms with Crippen molar-refractivity contribution in [1.82, 2.24) is 5.32 Å². The number of hydrogen-bond donors (Lipinski definition) is 1. The van der Waals surface area contributed by atoms with Gasteiger partial charge in [0.1, 0.15) is 4.32 Å². The van der Waals surface area contributed by atoms with Crippen molar-refractivity contribution in [3.63, 3.8) is 0 Å². The first-order valence-electron chi connectivity index (χ1n) is 5.69. The van der Waals surface area contributed by atoms with Crippen molar-refractivity contribution >= 4 is 28.3 Å². The third kappa shape index (κ3) is 5.52. The molecule has 3 heteroatoms. The Morgan fingerprint density at radius 2 is 2.06 bits per heavy atom. The third-order valence-corrected chi connectivity index (χ3v) is 3.49. The lowest BCUT2D eigenvalue weighted by Crippen LogP contribution is -2.29. The molecule has 0 heterocycles. The maximum Gasteiger partial charge on any atom is 0.133 e. The first-order valence-corrected chi connectivity index (χ1v) is 7.09. The third-order valence-electron chi connectivity index (χ3n) is 2.35. The molecule has 1 nitrogen and oxygen atoms in total. The topological polar surface area (TPSA) is 12.0 Å². The van der Waals surface area contributed by atoms with Crippen LogP contribution in [-0.4, -0.2) is 16.1 Å². The molecule has 0 unspecified atom stereocenters. The molecule has 0 spiro atoms. The molecular formula is C13H19NS2. The summed E-state index contributed by atoms with van der Waals surface area (Å²) in [7, 11) is 0. The fourth-order valence-electron chi connectivity index (χ4n) is 1.47. The summed E-state index contributed by atoms with van der Waals surface area (Å²) in [6.45, 7) is 4.30. The van der Waals surface area contributed by atoms with E-state index in [9.17, 15) is 0 Å². The number of rotatable bonds is 5. The van der Waals surface area contributed by atoms with Crippen LogP contribution in [0.4, 0.5) is 0 Å². The summed E-state index contributed by atoms with van der Waals surface area (Å²) in [5.74, 6) is 1.04. The molecule has 88 valence electrons. The van der Waals surface area contributed by atoms with Crippen LogP contribution in [0.15, 0.2) is 30.3 Å². The normalized spacial score (nSPS) is 12.1. The van der Waals surface area contributed by atoms with Crippen LogP contribution in [-0.2, 0) is 6.42 Å². The Labute approximate surface area is 108 Å². The number of hydrogen-bond acceptors (Lipinski definition) is 2. The van der Waals surface area contributed by atoms with Gasteiger partial charge < -0.3 is 5.32 Å². The molecule has 0 aliphatic rings. The second kappa shape index (κ2) is 7.69. The Bertz CT molecular complexity index is 311. The maximum absolute atomic E-state index is 5.21. The minimum Gasteiger partial charge on any atom is -0.369 e. The Morgan fingerprint density at radius 1 is 1.38 bits per heavy atom. The summed E-state index contributed by atoms with van der Waals surface area (Å²) < 4.78 is 0.920. The van der Waals surface area contributed by atoms with Crippen LogP contribution in [0.5, 0.6) is 0 Å². The van der Waals surface area contributed by atoms with E-state index in [-0.39, 0.29) is 0 Å². The van der Waals surface area contributed by atoms with E-state index < -0.39 is 0 Å². The van der Waals surface area contributed by atoms with Crippen molar-refractivity contribution in [2.45, 2.75) is 32.7 Å². The smallest absolute Gasteiger partial charge is 0.133 e. The quantitative estimate of drug-likeness (QED) is 0.805. The van der Waals surface area contributed by atoms with Crippen molar-refractivity contribution in [2.24, 2.45) is 0 Å². The number of thioether (sulfide) groups is 1. The molecule has 0 aliphatic carbocycles. The highest BCUT2D eigenvalue weighted by Crippen LogP contribution is 2.07. The zero-order valence-electron chi connectivity index (χ0n) is 9.90. The van der Waals surface area contributed by atoms with Gasteiger partial charge in [-0.15, -0.1) is 0 Å². The molecule has 1 N–H and O–H groups in total. The predicted octanol–water partition coefficient (Wildman–Crippen LogP) is 3.64. The molecule has 1 aromatic carbocycles. The molecule has 16 heavy (non-hydrogen) atoms.